The van der Waals surface area contributed by atoms with Crippen molar-refractivity contribution in [1.29, 1.82) is 0 Å². The van der Waals surface area contributed by atoms with Gasteiger partial charge in [-0.3, -0.25) is 14.9 Å². The number of hydrogen-bond acceptors (Lipinski definition) is 3. The van der Waals surface area contributed by atoms with Gasteiger partial charge >= 0.3 is 0 Å². The fourth-order valence-corrected chi connectivity index (χ4v) is 3.55. The van der Waals surface area contributed by atoms with E-state index < -0.39 is 11.0 Å². The van der Waals surface area contributed by atoms with Gasteiger partial charge in [-0.05, 0) is 26.2 Å². The van der Waals surface area contributed by atoms with Gasteiger partial charge in [-0.1, -0.05) is 20.3 Å². The first kappa shape index (κ1) is 14.1. The highest BCUT2D eigenvalue weighted by molar-refractivity contribution is 5.79. The lowest BCUT2D eigenvalue weighted by atomic mass is 9.56. The Morgan fingerprint density at radius 3 is 2.29 bits per heavy atom. The van der Waals surface area contributed by atoms with Crippen molar-refractivity contribution >= 4 is 5.78 Å². The summed E-state index contributed by atoms with van der Waals surface area (Å²) in [5.74, 6) is -0.108. The van der Waals surface area contributed by atoms with Gasteiger partial charge in [0.1, 0.15) is 5.78 Å². The van der Waals surface area contributed by atoms with Gasteiger partial charge in [0.05, 0.1) is 0 Å². The molecule has 3 unspecified atom stereocenters. The first-order valence-electron chi connectivity index (χ1n) is 6.44. The molecule has 98 valence electrons. The maximum atomic E-state index is 11.8. The van der Waals surface area contributed by atoms with E-state index in [0.717, 1.165) is 19.3 Å². The zero-order valence-electron chi connectivity index (χ0n) is 11.3. The molecule has 0 heterocycles. The van der Waals surface area contributed by atoms with Crippen molar-refractivity contribution in [2.45, 2.75) is 65.3 Å². The first-order chi connectivity index (χ1) is 7.79. The van der Waals surface area contributed by atoms with Crippen LogP contribution in [0.3, 0.4) is 0 Å². The smallest absolute Gasteiger partial charge is 0.225 e. The monoisotopic (exact) mass is 241 g/mol. The number of carbonyl (C=O) groups excluding carboxylic acids is 1. The molecular weight excluding hydrogens is 218 g/mol. The molecule has 0 aromatic rings. The summed E-state index contributed by atoms with van der Waals surface area (Å²) in [5, 5.41) is 11.4. The molecule has 0 bridgehead atoms. The molecule has 17 heavy (non-hydrogen) atoms. The van der Waals surface area contributed by atoms with Gasteiger partial charge in [0.2, 0.25) is 5.54 Å². The van der Waals surface area contributed by atoms with Crippen molar-refractivity contribution in [2.24, 2.45) is 11.3 Å². The van der Waals surface area contributed by atoms with E-state index in [1.165, 1.54) is 0 Å². The van der Waals surface area contributed by atoms with Gasteiger partial charge in [-0.15, -0.1) is 0 Å². The molecule has 0 amide bonds. The molecule has 1 saturated carbocycles. The third kappa shape index (κ3) is 2.09. The van der Waals surface area contributed by atoms with Crippen LogP contribution in [0.25, 0.3) is 0 Å². The number of carbonyl (C=O) groups is 1. The summed E-state index contributed by atoms with van der Waals surface area (Å²) < 4.78 is 0. The standard InChI is InChI=1S/C13H23NO3/c1-5-11(10(2)15)12(3)8-6-7-9-13(12,4)14(16)17/h11H,5-9H2,1-4H3. The summed E-state index contributed by atoms with van der Waals surface area (Å²) in [6.07, 6.45) is 3.93. The summed E-state index contributed by atoms with van der Waals surface area (Å²) in [7, 11) is 0. The molecule has 4 heteroatoms. The average Bonchev–Trinajstić information content (AvgIpc) is 2.22. The lowest BCUT2D eigenvalue weighted by Crippen LogP contribution is -2.57. The second kappa shape index (κ2) is 4.75. The molecule has 0 radical (unpaired) electrons. The molecule has 0 aliphatic heterocycles. The molecule has 0 aromatic heterocycles. The van der Waals surface area contributed by atoms with Crippen LogP contribution in [0.4, 0.5) is 0 Å². The lowest BCUT2D eigenvalue weighted by Gasteiger charge is -2.47. The maximum absolute atomic E-state index is 11.8. The molecule has 1 rings (SSSR count). The molecular formula is C13H23NO3. The van der Waals surface area contributed by atoms with E-state index in [4.69, 9.17) is 0 Å². The fraction of sp³-hybridized carbons (Fsp3) is 0.923. The maximum Gasteiger partial charge on any atom is 0.225 e. The van der Waals surface area contributed by atoms with Gasteiger partial charge < -0.3 is 0 Å². The van der Waals surface area contributed by atoms with Crippen LogP contribution < -0.4 is 0 Å². The van der Waals surface area contributed by atoms with Crippen molar-refractivity contribution in [1.82, 2.24) is 0 Å². The first-order valence-corrected chi connectivity index (χ1v) is 6.44. The Bertz CT molecular complexity index is 329. The van der Waals surface area contributed by atoms with Crippen molar-refractivity contribution in [3.8, 4) is 0 Å². The van der Waals surface area contributed by atoms with Crippen LogP contribution in [-0.4, -0.2) is 16.2 Å². The molecule has 0 aromatic carbocycles. The van der Waals surface area contributed by atoms with E-state index in [2.05, 4.69) is 0 Å². The van der Waals surface area contributed by atoms with Gasteiger partial charge in [0.15, 0.2) is 0 Å². The van der Waals surface area contributed by atoms with Crippen LogP contribution in [-0.2, 0) is 4.79 Å². The number of ketones is 1. The highest BCUT2D eigenvalue weighted by atomic mass is 16.6. The van der Waals surface area contributed by atoms with Crippen LogP contribution in [0.5, 0.6) is 0 Å². The van der Waals surface area contributed by atoms with E-state index in [1.807, 2.05) is 13.8 Å². The van der Waals surface area contributed by atoms with E-state index in [-0.39, 0.29) is 16.6 Å². The third-order valence-corrected chi connectivity index (χ3v) is 4.91. The molecule has 4 nitrogen and oxygen atoms in total. The highest BCUT2D eigenvalue weighted by Crippen LogP contribution is 2.51. The minimum Gasteiger partial charge on any atom is -0.300 e. The SMILES string of the molecule is CCC(C(C)=O)C1(C)CCCCC1(C)[N+](=O)[O-]. The van der Waals surface area contributed by atoms with E-state index in [1.54, 1.807) is 13.8 Å². The lowest BCUT2D eigenvalue weighted by molar-refractivity contribution is -0.593. The van der Waals surface area contributed by atoms with Crippen molar-refractivity contribution in [3.05, 3.63) is 10.1 Å². The van der Waals surface area contributed by atoms with Gasteiger partial charge in [0.25, 0.3) is 0 Å². The van der Waals surface area contributed by atoms with Crippen LogP contribution in [0.15, 0.2) is 0 Å². The second-order valence-electron chi connectivity index (χ2n) is 5.73. The average molecular weight is 241 g/mol. The van der Waals surface area contributed by atoms with E-state index in [9.17, 15) is 14.9 Å². The zero-order chi connectivity index (χ0) is 13.3. The number of nitrogens with zero attached hydrogens (tertiary/aromatic N) is 1. The predicted octanol–water partition coefficient (Wildman–Crippen LogP) is 3.22. The van der Waals surface area contributed by atoms with Crippen LogP contribution >= 0.6 is 0 Å². The van der Waals surface area contributed by atoms with E-state index in [0.29, 0.717) is 12.8 Å². The minimum atomic E-state index is -0.961. The molecule has 0 spiro atoms. The molecule has 3 atom stereocenters. The van der Waals surface area contributed by atoms with Crippen LogP contribution in [0.2, 0.25) is 0 Å². The Morgan fingerprint density at radius 1 is 1.35 bits per heavy atom. The van der Waals surface area contributed by atoms with Crippen LogP contribution in [0, 0.1) is 21.4 Å². The third-order valence-electron chi connectivity index (χ3n) is 4.91. The summed E-state index contributed by atoms with van der Waals surface area (Å²) in [5.41, 5.74) is -1.47. The zero-order valence-corrected chi connectivity index (χ0v) is 11.3. The molecule has 0 N–H and O–H groups in total. The number of hydrogen-bond donors (Lipinski definition) is 0. The molecule has 1 fully saturated rings. The quantitative estimate of drug-likeness (QED) is 0.561. The topological polar surface area (TPSA) is 60.2 Å². The second-order valence-corrected chi connectivity index (χ2v) is 5.73. The highest BCUT2D eigenvalue weighted by Gasteiger charge is 2.59. The summed E-state index contributed by atoms with van der Waals surface area (Å²) in [6.45, 7) is 7.17. The van der Waals surface area contributed by atoms with Crippen LogP contribution in [0.1, 0.15) is 59.8 Å². The summed E-state index contributed by atoms with van der Waals surface area (Å²) in [6, 6.07) is 0. The largest absolute Gasteiger partial charge is 0.300 e. The fourth-order valence-electron chi connectivity index (χ4n) is 3.55. The van der Waals surface area contributed by atoms with Crippen molar-refractivity contribution in [2.75, 3.05) is 0 Å². The van der Waals surface area contributed by atoms with Gasteiger partial charge in [0, 0.05) is 29.6 Å². The Hall–Kier alpha value is -0.930. The summed E-state index contributed by atoms with van der Waals surface area (Å²) in [4.78, 5) is 23.0. The molecule has 1 aliphatic rings. The predicted molar refractivity (Wildman–Crippen MR) is 66.4 cm³/mol. The molecule has 0 saturated heterocycles. The van der Waals surface area contributed by atoms with E-state index >= 15 is 0 Å². The Labute approximate surface area is 103 Å². The normalized spacial score (nSPS) is 35.3. The Balaban J connectivity index is 3.20. The number of Topliss-reactive ketones (excluding diaryl/α,β-unsaturated/α-hetero) is 1. The van der Waals surface area contributed by atoms with Crippen molar-refractivity contribution in [3.63, 3.8) is 0 Å². The Morgan fingerprint density at radius 2 is 1.88 bits per heavy atom. The van der Waals surface area contributed by atoms with Gasteiger partial charge in [-0.2, -0.15) is 0 Å². The minimum absolute atomic E-state index is 0.0879. The van der Waals surface area contributed by atoms with Gasteiger partial charge in [-0.25, -0.2) is 0 Å². The van der Waals surface area contributed by atoms with Crippen molar-refractivity contribution < 1.29 is 9.72 Å². The summed E-state index contributed by atoms with van der Waals surface area (Å²) >= 11 is 0. The number of rotatable bonds is 4. The Kier molecular flexibility index (Phi) is 3.95. The number of nitro groups is 1. The molecule has 1 aliphatic carbocycles.